The molecule has 150 valence electrons. The van der Waals surface area contributed by atoms with Gasteiger partial charge in [0.25, 0.3) is 0 Å². The first kappa shape index (κ1) is 18.5. The first-order valence-corrected chi connectivity index (χ1v) is 11.3. The van der Waals surface area contributed by atoms with Gasteiger partial charge < -0.3 is 14.6 Å². The molecule has 0 bridgehead atoms. The Hall–Kier alpha value is -2.52. The monoisotopic (exact) mass is 429 g/mol. The molecule has 3 aromatic rings. The number of amides is 1. The van der Waals surface area contributed by atoms with E-state index in [4.69, 9.17) is 9.26 Å². The van der Waals surface area contributed by atoms with Crippen molar-refractivity contribution in [2.75, 3.05) is 11.9 Å². The smallest absolute Gasteiger partial charge is 0.315 e. The Morgan fingerprint density at radius 2 is 2.28 bits per heavy atom. The zero-order chi connectivity index (χ0) is 20.0. The molecule has 1 amide bonds. The molecular formula is C20H19N3O4S2. The summed E-state index contributed by atoms with van der Waals surface area (Å²) in [5, 5.41) is 9.62. The van der Waals surface area contributed by atoms with E-state index in [-0.39, 0.29) is 17.8 Å². The maximum atomic E-state index is 13.0. The second-order valence-corrected chi connectivity index (χ2v) is 9.29. The molecule has 3 aromatic heterocycles. The van der Waals surface area contributed by atoms with E-state index < -0.39 is 5.41 Å². The first-order valence-electron chi connectivity index (χ1n) is 9.59. The summed E-state index contributed by atoms with van der Waals surface area (Å²) in [5.41, 5.74) is 0.747. The summed E-state index contributed by atoms with van der Waals surface area (Å²) >= 11 is 3.01. The molecule has 3 heterocycles. The number of thiazole rings is 1. The van der Waals surface area contributed by atoms with Crippen LogP contribution in [0.5, 0.6) is 0 Å². The van der Waals surface area contributed by atoms with E-state index >= 15 is 0 Å². The fraction of sp³-hybridized carbons (Fsp3) is 0.400. The van der Waals surface area contributed by atoms with Crippen LogP contribution in [0.25, 0.3) is 10.6 Å². The maximum absolute atomic E-state index is 13.0. The van der Waals surface area contributed by atoms with Crippen molar-refractivity contribution < 1.29 is 18.8 Å². The predicted octanol–water partition coefficient (Wildman–Crippen LogP) is 4.12. The van der Waals surface area contributed by atoms with Crippen molar-refractivity contribution in [3.8, 4) is 10.6 Å². The average molecular weight is 430 g/mol. The summed E-state index contributed by atoms with van der Waals surface area (Å²) < 4.78 is 10.6. The van der Waals surface area contributed by atoms with E-state index in [1.807, 2.05) is 23.6 Å². The maximum Gasteiger partial charge on any atom is 0.315 e. The molecule has 2 aliphatic carbocycles. The molecule has 0 aromatic carbocycles. The third kappa shape index (κ3) is 3.18. The van der Waals surface area contributed by atoms with Crippen molar-refractivity contribution in [1.29, 1.82) is 0 Å². The van der Waals surface area contributed by atoms with Gasteiger partial charge in [-0.25, -0.2) is 4.98 Å². The largest absolute Gasteiger partial charge is 0.465 e. The minimum atomic E-state index is -0.657. The SMILES string of the molecule is CCOC(=O)C1CCc2sc(NC(=O)C3(c4cc(-c5cccs5)on4)CC3)nc21. The van der Waals surface area contributed by atoms with E-state index in [0.717, 1.165) is 41.1 Å². The van der Waals surface area contributed by atoms with Crippen LogP contribution in [-0.4, -0.2) is 28.6 Å². The van der Waals surface area contributed by atoms with Gasteiger partial charge in [0.15, 0.2) is 10.9 Å². The second kappa shape index (κ2) is 7.07. The summed E-state index contributed by atoms with van der Waals surface area (Å²) in [7, 11) is 0. The highest BCUT2D eigenvalue weighted by Gasteiger charge is 2.54. The fourth-order valence-electron chi connectivity index (χ4n) is 3.73. The predicted molar refractivity (Wildman–Crippen MR) is 109 cm³/mol. The van der Waals surface area contributed by atoms with E-state index in [2.05, 4.69) is 15.5 Å². The number of aromatic nitrogens is 2. The Morgan fingerprint density at radius 3 is 3.00 bits per heavy atom. The number of fused-ring (bicyclic) bond motifs is 1. The van der Waals surface area contributed by atoms with Crippen molar-refractivity contribution in [1.82, 2.24) is 10.1 Å². The average Bonchev–Trinajstić information content (AvgIpc) is 3.18. The van der Waals surface area contributed by atoms with Gasteiger partial charge in [0, 0.05) is 10.9 Å². The molecule has 0 spiro atoms. The van der Waals surface area contributed by atoms with Crippen LogP contribution in [0.15, 0.2) is 28.1 Å². The van der Waals surface area contributed by atoms with Gasteiger partial charge in [0.1, 0.15) is 5.92 Å². The lowest BCUT2D eigenvalue weighted by atomic mass is 10.0. The van der Waals surface area contributed by atoms with Crippen LogP contribution in [-0.2, 0) is 26.2 Å². The van der Waals surface area contributed by atoms with Gasteiger partial charge in [-0.05, 0) is 44.1 Å². The number of carbonyl (C=O) groups is 2. The Kier molecular flexibility index (Phi) is 4.51. The highest BCUT2D eigenvalue weighted by atomic mass is 32.1. The third-order valence-electron chi connectivity index (χ3n) is 5.46. The molecule has 5 rings (SSSR count). The van der Waals surface area contributed by atoms with Crippen molar-refractivity contribution in [3.05, 3.63) is 39.8 Å². The van der Waals surface area contributed by atoms with E-state index in [1.54, 1.807) is 18.3 Å². The highest BCUT2D eigenvalue weighted by Crippen LogP contribution is 2.50. The number of esters is 1. The molecule has 0 radical (unpaired) electrons. The van der Waals surface area contributed by atoms with Crippen LogP contribution in [0, 0.1) is 0 Å². The third-order valence-corrected chi connectivity index (χ3v) is 7.39. The summed E-state index contributed by atoms with van der Waals surface area (Å²) in [6.07, 6.45) is 2.96. The summed E-state index contributed by atoms with van der Waals surface area (Å²) in [6.45, 7) is 2.15. The number of aryl methyl sites for hydroxylation is 1. The van der Waals surface area contributed by atoms with Gasteiger partial charge in [0.05, 0.1) is 28.3 Å². The van der Waals surface area contributed by atoms with E-state index in [0.29, 0.717) is 23.2 Å². The van der Waals surface area contributed by atoms with Crippen molar-refractivity contribution >= 4 is 39.7 Å². The lowest BCUT2D eigenvalue weighted by Gasteiger charge is -2.11. The van der Waals surface area contributed by atoms with Gasteiger partial charge in [-0.1, -0.05) is 11.2 Å². The molecular weight excluding hydrogens is 410 g/mol. The van der Waals surface area contributed by atoms with Gasteiger partial charge in [0.2, 0.25) is 5.91 Å². The number of thiophene rings is 1. The molecule has 0 saturated heterocycles. The number of nitrogens with zero attached hydrogens (tertiary/aromatic N) is 2. The van der Waals surface area contributed by atoms with Crippen LogP contribution in [0.2, 0.25) is 0 Å². The standard InChI is InChI=1S/C20H19N3O4S2/c1-2-26-17(24)11-5-6-14-16(11)21-19(29-14)22-18(25)20(7-8-20)15-10-12(27-23-15)13-4-3-9-28-13/h3-4,9-11H,2,5-8H2,1H3,(H,21,22,25). The fourth-order valence-corrected chi connectivity index (χ4v) is 5.44. The summed E-state index contributed by atoms with van der Waals surface area (Å²) in [6, 6.07) is 5.77. The zero-order valence-corrected chi connectivity index (χ0v) is 17.4. The number of hydrogen-bond acceptors (Lipinski definition) is 8. The highest BCUT2D eigenvalue weighted by molar-refractivity contribution is 7.16. The number of ether oxygens (including phenoxy) is 1. The van der Waals surface area contributed by atoms with Crippen LogP contribution in [0.1, 0.15) is 48.4 Å². The van der Waals surface area contributed by atoms with Crippen molar-refractivity contribution in [2.24, 2.45) is 0 Å². The molecule has 0 aliphatic heterocycles. The molecule has 1 saturated carbocycles. The van der Waals surface area contributed by atoms with Crippen LogP contribution < -0.4 is 5.32 Å². The van der Waals surface area contributed by atoms with Gasteiger partial charge in [-0.2, -0.15) is 0 Å². The van der Waals surface area contributed by atoms with Gasteiger partial charge in [-0.15, -0.1) is 22.7 Å². The first-order chi connectivity index (χ1) is 14.1. The quantitative estimate of drug-likeness (QED) is 0.592. The molecule has 1 N–H and O–H groups in total. The zero-order valence-electron chi connectivity index (χ0n) is 15.8. The summed E-state index contributed by atoms with van der Waals surface area (Å²) in [4.78, 5) is 31.7. The van der Waals surface area contributed by atoms with E-state index in [9.17, 15) is 9.59 Å². The Bertz CT molecular complexity index is 1070. The number of nitrogens with one attached hydrogen (secondary N) is 1. The second-order valence-electron chi connectivity index (χ2n) is 7.26. The Morgan fingerprint density at radius 1 is 1.41 bits per heavy atom. The minimum Gasteiger partial charge on any atom is -0.465 e. The number of hydrogen-bond donors (Lipinski definition) is 1. The molecule has 1 fully saturated rings. The molecule has 29 heavy (non-hydrogen) atoms. The lowest BCUT2D eigenvalue weighted by Crippen LogP contribution is -2.28. The molecule has 7 nitrogen and oxygen atoms in total. The molecule has 2 aliphatic rings. The topological polar surface area (TPSA) is 94.3 Å². The van der Waals surface area contributed by atoms with Gasteiger partial charge >= 0.3 is 5.97 Å². The van der Waals surface area contributed by atoms with E-state index in [1.165, 1.54) is 11.3 Å². The van der Waals surface area contributed by atoms with Gasteiger partial charge in [-0.3, -0.25) is 9.59 Å². The Labute approximate surface area is 175 Å². The minimum absolute atomic E-state index is 0.122. The molecule has 1 atom stereocenters. The Balaban J connectivity index is 1.33. The van der Waals surface area contributed by atoms with Crippen LogP contribution >= 0.6 is 22.7 Å². The van der Waals surface area contributed by atoms with Crippen LogP contribution in [0.4, 0.5) is 5.13 Å². The van der Waals surface area contributed by atoms with Crippen molar-refractivity contribution in [2.45, 2.75) is 43.9 Å². The number of anilines is 1. The summed E-state index contributed by atoms with van der Waals surface area (Å²) in [5.74, 6) is -0.00867. The lowest BCUT2D eigenvalue weighted by molar-refractivity contribution is -0.145. The number of carbonyl (C=O) groups excluding carboxylic acids is 2. The molecule has 9 heteroatoms. The number of rotatable bonds is 6. The van der Waals surface area contributed by atoms with Crippen LogP contribution in [0.3, 0.4) is 0 Å². The van der Waals surface area contributed by atoms with Crippen molar-refractivity contribution in [3.63, 3.8) is 0 Å². The molecule has 1 unspecified atom stereocenters. The normalized spacial score (nSPS) is 19.0.